The lowest BCUT2D eigenvalue weighted by Gasteiger charge is -2.07. The van der Waals surface area contributed by atoms with Crippen molar-refractivity contribution in [1.29, 1.82) is 0 Å². The Hall–Kier alpha value is -0.220. The fraction of sp³-hybridized carbons (Fsp3) is 0.0909. The largest absolute Gasteiger partial charge is 0.379 e. The maximum atomic E-state index is 6.05. The summed E-state index contributed by atoms with van der Waals surface area (Å²) >= 11 is 17.1. The Labute approximate surface area is 117 Å². The molecule has 0 saturated carbocycles. The standard InChI is InChI=1S/C11H8BrCl2NS/c12-8-3-4-16-11(8)6-15-10-5-7(13)1-2-9(10)14/h1-5,15H,6H2. The molecule has 0 atom stereocenters. The molecule has 84 valence electrons. The number of nitrogens with one attached hydrogen (secondary N) is 1. The van der Waals surface area contributed by atoms with Crippen LogP contribution in [0, 0.1) is 0 Å². The minimum atomic E-state index is 0.678. The number of benzene rings is 1. The lowest BCUT2D eigenvalue weighted by molar-refractivity contribution is 1.18. The van der Waals surface area contributed by atoms with E-state index >= 15 is 0 Å². The monoisotopic (exact) mass is 335 g/mol. The third-order valence-corrected chi connectivity index (χ3v) is 4.55. The maximum Gasteiger partial charge on any atom is 0.0638 e. The van der Waals surface area contributed by atoms with Crippen molar-refractivity contribution < 1.29 is 0 Å². The molecule has 0 aliphatic carbocycles. The highest BCUT2D eigenvalue weighted by atomic mass is 79.9. The first-order chi connectivity index (χ1) is 7.66. The molecule has 1 heterocycles. The number of rotatable bonds is 3. The van der Waals surface area contributed by atoms with Gasteiger partial charge in [-0.05, 0) is 45.6 Å². The van der Waals surface area contributed by atoms with E-state index in [1.54, 1.807) is 23.5 Å². The first-order valence-electron chi connectivity index (χ1n) is 4.57. The summed E-state index contributed by atoms with van der Waals surface area (Å²) in [5.74, 6) is 0. The van der Waals surface area contributed by atoms with Crippen LogP contribution in [0.5, 0.6) is 0 Å². The van der Waals surface area contributed by atoms with Crippen LogP contribution in [0.1, 0.15) is 4.88 Å². The summed E-state index contributed by atoms with van der Waals surface area (Å²) in [6.45, 7) is 0.734. The fourth-order valence-corrected chi connectivity index (χ4v) is 3.05. The van der Waals surface area contributed by atoms with Crippen molar-refractivity contribution >= 4 is 56.2 Å². The molecule has 1 aromatic heterocycles. The first-order valence-corrected chi connectivity index (χ1v) is 7.00. The number of anilines is 1. The van der Waals surface area contributed by atoms with Crippen LogP contribution in [0.2, 0.25) is 10.0 Å². The summed E-state index contributed by atoms with van der Waals surface area (Å²) in [5, 5.41) is 6.66. The van der Waals surface area contributed by atoms with Crippen LogP contribution in [-0.2, 0) is 6.54 Å². The van der Waals surface area contributed by atoms with Gasteiger partial charge < -0.3 is 5.32 Å². The number of thiophene rings is 1. The average molecular weight is 337 g/mol. The Morgan fingerprint density at radius 1 is 1.25 bits per heavy atom. The predicted octanol–water partition coefficient (Wildman–Crippen LogP) is 5.43. The van der Waals surface area contributed by atoms with Crippen LogP contribution in [0.4, 0.5) is 5.69 Å². The molecule has 0 bridgehead atoms. The van der Waals surface area contributed by atoms with Gasteiger partial charge in [0.25, 0.3) is 0 Å². The highest BCUT2D eigenvalue weighted by molar-refractivity contribution is 9.10. The van der Waals surface area contributed by atoms with Crippen molar-refractivity contribution in [2.45, 2.75) is 6.54 Å². The smallest absolute Gasteiger partial charge is 0.0638 e. The molecule has 5 heteroatoms. The van der Waals surface area contributed by atoms with Crippen molar-refractivity contribution in [2.75, 3.05) is 5.32 Å². The highest BCUT2D eigenvalue weighted by Crippen LogP contribution is 2.28. The predicted molar refractivity (Wildman–Crippen MR) is 75.8 cm³/mol. The molecule has 1 aromatic carbocycles. The number of hydrogen-bond acceptors (Lipinski definition) is 2. The normalized spacial score (nSPS) is 10.4. The summed E-state index contributed by atoms with van der Waals surface area (Å²) in [7, 11) is 0. The van der Waals surface area contributed by atoms with Gasteiger partial charge in [0, 0.05) is 14.4 Å². The lowest BCUT2D eigenvalue weighted by atomic mass is 10.3. The molecule has 0 radical (unpaired) electrons. The van der Waals surface area contributed by atoms with Gasteiger partial charge in [-0.2, -0.15) is 0 Å². The molecule has 0 amide bonds. The van der Waals surface area contributed by atoms with E-state index in [9.17, 15) is 0 Å². The fourth-order valence-electron chi connectivity index (χ4n) is 1.26. The Morgan fingerprint density at radius 2 is 2.06 bits per heavy atom. The second-order valence-corrected chi connectivity index (χ2v) is 5.87. The summed E-state index contributed by atoms with van der Waals surface area (Å²) in [5.41, 5.74) is 0.856. The molecule has 16 heavy (non-hydrogen) atoms. The maximum absolute atomic E-state index is 6.05. The van der Waals surface area contributed by atoms with E-state index in [2.05, 4.69) is 21.2 Å². The second kappa shape index (κ2) is 5.41. The molecule has 1 nitrogen and oxygen atoms in total. The van der Waals surface area contributed by atoms with Crippen molar-refractivity contribution in [3.63, 3.8) is 0 Å². The molecule has 0 unspecified atom stereocenters. The van der Waals surface area contributed by atoms with Gasteiger partial charge in [-0.3, -0.25) is 0 Å². The Kier molecular flexibility index (Phi) is 4.14. The molecule has 0 aliphatic rings. The zero-order chi connectivity index (χ0) is 11.5. The Balaban J connectivity index is 2.10. The number of hydrogen-bond donors (Lipinski definition) is 1. The van der Waals surface area contributed by atoms with E-state index in [0.717, 1.165) is 16.7 Å². The average Bonchev–Trinajstić information content (AvgIpc) is 2.66. The third kappa shape index (κ3) is 2.92. The van der Waals surface area contributed by atoms with Gasteiger partial charge in [0.05, 0.1) is 17.3 Å². The molecule has 0 saturated heterocycles. The summed E-state index contributed by atoms with van der Waals surface area (Å²) < 4.78 is 1.11. The third-order valence-electron chi connectivity index (χ3n) is 2.06. The molecule has 0 fully saturated rings. The zero-order valence-corrected chi connectivity index (χ0v) is 12.1. The van der Waals surface area contributed by atoms with Crippen LogP contribution in [-0.4, -0.2) is 0 Å². The van der Waals surface area contributed by atoms with E-state index in [1.165, 1.54) is 4.88 Å². The van der Waals surface area contributed by atoms with E-state index in [-0.39, 0.29) is 0 Å². The second-order valence-electron chi connectivity index (χ2n) is 3.17. The van der Waals surface area contributed by atoms with Crippen LogP contribution in [0.3, 0.4) is 0 Å². The van der Waals surface area contributed by atoms with Crippen molar-refractivity contribution in [1.82, 2.24) is 0 Å². The molecule has 1 N–H and O–H groups in total. The molecule has 0 spiro atoms. The molecular weight excluding hydrogens is 329 g/mol. The Bertz CT molecular complexity index is 498. The minimum Gasteiger partial charge on any atom is -0.379 e. The first kappa shape index (κ1) is 12.2. The SMILES string of the molecule is Clc1ccc(Cl)c(NCc2sccc2Br)c1. The van der Waals surface area contributed by atoms with Crippen LogP contribution >= 0.6 is 50.5 Å². The van der Waals surface area contributed by atoms with E-state index in [1.807, 2.05) is 17.5 Å². The molecule has 0 aliphatic heterocycles. The van der Waals surface area contributed by atoms with Crippen LogP contribution < -0.4 is 5.32 Å². The van der Waals surface area contributed by atoms with E-state index < -0.39 is 0 Å². The Morgan fingerprint density at radius 3 is 2.75 bits per heavy atom. The quantitative estimate of drug-likeness (QED) is 0.788. The summed E-state index contributed by atoms with van der Waals surface area (Å²) in [6, 6.07) is 7.42. The molecular formula is C11H8BrCl2NS. The lowest BCUT2D eigenvalue weighted by Crippen LogP contribution is -1.98. The van der Waals surface area contributed by atoms with E-state index in [4.69, 9.17) is 23.2 Å². The van der Waals surface area contributed by atoms with Gasteiger partial charge >= 0.3 is 0 Å². The van der Waals surface area contributed by atoms with Crippen molar-refractivity contribution in [3.8, 4) is 0 Å². The van der Waals surface area contributed by atoms with Crippen molar-refractivity contribution in [2.24, 2.45) is 0 Å². The van der Waals surface area contributed by atoms with Gasteiger partial charge in [0.2, 0.25) is 0 Å². The van der Waals surface area contributed by atoms with Gasteiger partial charge in [-0.1, -0.05) is 23.2 Å². The summed E-state index contributed by atoms with van der Waals surface area (Å²) in [4.78, 5) is 1.23. The van der Waals surface area contributed by atoms with Gasteiger partial charge in [0.15, 0.2) is 0 Å². The molecule has 2 rings (SSSR count). The van der Waals surface area contributed by atoms with Gasteiger partial charge in [-0.25, -0.2) is 0 Å². The van der Waals surface area contributed by atoms with Gasteiger partial charge in [0.1, 0.15) is 0 Å². The van der Waals surface area contributed by atoms with Crippen LogP contribution in [0.15, 0.2) is 34.1 Å². The summed E-state index contributed by atoms with van der Waals surface area (Å²) in [6.07, 6.45) is 0. The topological polar surface area (TPSA) is 12.0 Å². The highest BCUT2D eigenvalue weighted by Gasteiger charge is 2.04. The van der Waals surface area contributed by atoms with Crippen molar-refractivity contribution in [3.05, 3.63) is 49.0 Å². The van der Waals surface area contributed by atoms with Gasteiger partial charge in [-0.15, -0.1) is 11.3 Å². The van der Waals surface area contributed by atoms with Crippen LogP contribution in [0.25, 0.3) is 0 Å². The number of halogens is 3. The zero-order valence-electron chi connectivity index (χ0n) is 8.14. The van der Waals surface area contributed by atoms with E-state index in [0.29, 0.717) is 10.0 Å². The minimum absolute atomic E-state index is 0.678. The molecule has 2 aromatic rings.